The monoisotopic (exact) mass is 282 g/mol. The Hall–Kier alpha value is -0.830. The van der Waals surface area contributed by atoms with Crippen molar-refractivity contribution in [1.82, 2.24) is 0 Å². The molecule has 0 unspecified atom stereocenters. The number of ketones is 1. The van der Waals surface area contributed by atoms with Crippen LogP contribution in [-0.2, 0) is 0 Å². The number of rotatable bonds is 3. The second kappa shape index (κ2) is 4.58. The van der Waals surface area contributed by atoms with E-state index in [4.69, 9.17) is 4.74 Å². The molecule has 1 aromatic rings. The van der Waals surface area contributed by atoms with Crippen molar-refractivity contribution >= 4 is 21.7 Å². The number of benzene rings is 1. The summed E-state index contributed by atoms with van der Waals surface area (Å²) in [6, 6.07) is 3.80. The average Bonchev–Trinajstić information content (AvgIpc) is 2.18. The first kappa shape index (κ1) is 11.6. The van der Waals surface area contributed by atoms with Gasteiger partial charge in [-0.2, -0.15) is 0 Å². The van der Waals surface area contributed by atoms with Gasteiger partial charge >= 0.3 is 0 Å². The van der Waals surface area contributed by atoms with Gasteiger partial charge in [0.15, 0.2) is 5.78 Å². The van der Waals surface area contributed by atoms with E-state index in [1.165, 1.54) is 6.42 Å². The maximum absolute atomic E-state index is 12.2. The van der Waals surface area contributed by atoms with E-state index >= 15 is 0 Å². The van der Waals surface area contributed by atoms with E-state index in [1.54, 1.807) is 7.11 Å². The van der Waals surface area contributed by atoms with Gasteiger partial charge in [0.2, 0.25) is 0 Å². The molecule has 86 valence electrons. The molecular formula is C13H15BrO2. The molecule has 0 radical (unpaired) electrons. The Bertz CT molecular complexity index is 422. The topological polar surface area (TPSA) is 26.3 Å². The van der Waals surface area contributed by atoms with Crippen molar-refractivity contribution in [3.8, 4) is 5.75 Å². The number of hydrogen-bond acceptors (Lipinski definition) is 2. The van der Waals surface area contributed by atoms with Crippen LogP contribution >= 0.6 is 15.9 Å². The zero-order chi connectivity index (χ0) is 11.7. The molecule has 3 heteroatoms. The Morgan fingerprint density at radius 1 is 1.44 bits per heavy atom. The summed E-state index contributed by atoms with van der Waals surface area (Å²) in [6.45, 7) is 1.99. The van der Waals surface area contributed by atoms with E-state index in [0.29, 0.717) is 11.3 Å². The summed E-state index contributed by atoms with van der Waals surface area (Å²) in [4.78, 5) is 12.2. The van der Waals surface area contributed by atoms with E-state index in [1.807, 2.05) is 19.1 Å². The highest BCUT2D eigenvalue weighted by atomic mass is 79.9. The normalized spacial score (nSPS) is 15.7. The van der Waals surface area contributed by atoms with Crippen molar-refractivity contribution in [3.05, 3.63) is 27.7 Å². The van der Waals surface area contributed by atoms with E-state index < -0.39 is 0 Å². The van der Waals surface area contributed by atoms with Crippen LogP contribution in [0.1, 0.15) is 35.2 Å². The van der Waals surface area contributed by atoms with Crippen LogP contribution in [0.4, 0.5) is 0 Å². The molecule has 0 N–H and O–H groups in total. The predicted octanol–water partition coefficient (Wildman–Crippen LogP) is 3.75. The van der Waals surface area contributed by atoms with Crippen LogP contribution in [0.5, 0.6) is 5.75 Å². The fraction of sp³-hybridized carbons (Fsp3) is 0.462. The third kappa shape index (κ3) is 2.01. The second-order valence-corrected chi connectivity index (χ2v) is 5.15. The highest BCUT2D eigenvalue weighted by Gasteiger charge is 2.28. The van der Waals surface area contributed by atoms with Gasteiger partial charge in [0, 0.05) is 10.4 Å². The molecule has 1 aliphatic carbocycles. The van der Waals surface area contributed by atoms with Crippen LogP contribution in [0, 0.1) is 12.8 Å². The lowest BCUT2D eigenvalue weighted by atomic mass is 9.79. The van der Waals surface area contributed by atoms with Crippen LogP contribution in [0.3, 0.4) is 0 Å². The summed E-state index contributed by atoms with van der Waals surface area (Å²) in [5, 5.41) is 0. The summed E-state index contributed by atoms with van der Waals surface area (Å²) in [7, 11) is 1.61. The van der Waals surface area contributed by atoms with Crippen LogP contribution in [-0.4, -0.2) is 12.9 Å². The Labute approximate surface area is 104 Å². The number of halogens is 1. The summed E-state index contributed by atoms with van der Waals surface area (Å²) in [5.74, 6) is 1.13. The smallest absolute Gasteiger partial charge is 0.169 e. The SMILES string of the molecule is COc1cc(C)c(Br)cc1C(=O)C1CCC1. The molecule has 1 fully saturated rings. The Kier molecular flexibility index (Phi) is 3.33. The van der Waals surface area contributed by atoms with Crippen molar-refractivity contribution in [1.29, 1.82) is 0 Å². The minimum atomic E-state index is 0.212. The molecule has 0 aliphatic heterocycles. The molecule has 2 rings (SSSR count). The lowest BCUT2D eigenvalue weighted by Gasteiger charge is -2.24. The third-order valence-electron chi connectivity index (χ3n) is 3.22. The quantitative estimate of drug-likeness (QED) is 0.790. The second-order valence-electron chi connectivity index (χ2n) is 4.29. The molecule has 1 aromatic carbocycles. The number of Topliss-reactive ketones (excluding diaryl/α,β-unsaturated/α-hetero) is 1. The molecule has 2 nitrogen and oxygen atoms in total. The number of hydrogen-bond donors (Lipinski definition) is 0. The third-order valence-corrected chi connectivity index (χ3v) is 4.08. The highest BCUT2D eigenvalue weighted by molar-refractivity contribution is 9.10. The van der Waals surface area contributed by atoms with Gasteiger partial charge in [0.1, 0.15) is 5.75 Å². The van der Waals surface area contributed by atoms with Gasteiger partial charge in [0.05, 0.1) is 12.7 Å². The molecule has 1 saturated carbocycles. The Morgan fingerprint density at radius 3 is 2.62 bits per heavy atom. The predicted molar refractivity (Wildman–Crippen MR) is 67.1 cm³/mol. The lowest BCUT2D eigenvalue weighted by Crippen LogP contribution is -2.22. The van der Waals surface area contributed by atoms with Crippen LogP contribution in [0.15, 0.2) is 16.6 Å². The molecule has 1 aliphatic rings. The number of aryl methyl sites for hydroxylation is 1. The van der Waals surface area contributed by atoms with E-state index in [0.717, 1.165) is 22.9 Å². The van der Waals surface area contributed by atoms with Crippen LogP contribution < -0.4 is 4.74 Å². The summed E-state index contributed by atoms with van der Waals surface area (Å²) in [5.41, 5.74) is 1.80. The van der Waals surface area contributed by atoms with Crippen molar-refractivity contribution in [2.75, 3.05) is 7.11 Å². The van der Waals surface area contributed by atoms with Gasteiger partial charge in [0.25, 0.3) is 0 Å². The molecule has 0 amide bonds. The summed E-state index contributed by atoms with van der Waals surface area (Å²) in [6.07, 6.45) is 3.21. The highest BCUT2D eigenvalue weighted by Crippen LogP contribution is 2.34. The molecular weight excluding hydrogens is 268 g/mol. The lowest BCUT2D eigenvalue weighted by molar-refractivity contribution is 0.0852. The minimum absolute atomic E-state index is 0.212. The van der Waals surface area contributed by atoms with E-state index in [-0.39, 0.29) is 11.7 Å². The molecule has 0 atom stereocenters. The van der Waals surface area contributed by atoms with Crippen LogP contribution in [0.25, 0.3) is 0 Å². The standard InChI is InChI=1S/C13H15BrO2/c1-8-6-12(16-2)10(7-11(8)14)13(15)9-4-3-5-9/h6-7,9H,3-5H2,1-2H3. The van der Waals surface area contributed by atoms with Gasteiger partial charge < -0.3 is 4.74 Å². The van der Waals surface area contributed by atoms with Crippen molar-refractivity contribution < 1.29 is 9.53 Å². The summed E-state index contributed by atoms with van der Waals surface area (Å²) < 4.78 is 6.25. The number of methoxy groups -OCH3 is 1. The summed E-state index contributed by atoms with van der Waals surface area (Å²) >= 11 is 3.46. The molecule has 0 heterocycles. The van der Waals surface area contributed by atoms with Gasteiger partial charge in [-0.3, -0.25) is 4.79 Å². The number of ether oxygens (including phenoxy) is 1. The van der Waals surface area contributed by atoms with Crippen LogP contribution in [0.2, 0.25) is 0 Å². The molecule has 0 aromatic heterocycles. The van der Waals surface area contributed by atoms with Crippen molar-refractivity contribution in [3.63, 3.8) is 0 Å². The fourth-order valence-electron chi connectivity index (χ4n) is 1.91. The first-order valence-electron chi connectivity index (χ1n) is 5.52. The maximum atomic E-state index is 12.2. The zero-order valence-corrected chi connectivity index (χ0v) is 11.1. The minimum Gasteiger partial charge on any atom is -0.496 e. The van der Waals surface area contributed by atoms with E-state index in [9.17, 15) is 4.79 Å². The van der Waals surface area contributed by atoms with Crippen molar-refractivity contribution in [2.45, 2.75) is 26.2 Å². The van der Waals surface area contributed by atoms with Gasteiger partial charge in [-0.15, -0.1) is 0 Å². The molecule has 0 bridgehead atoms. The van der Waals surface area contributed by atoms with Crippen molar-refractivity contribution in [2.24, 2.45) is 5.92 Å². The Morgan fingerprint density at radius 2 is 2.12 bits per heavy atom. The molecule has 0 spiro atoms. The maximum Gasteiger partial charge on any atom is 0.169 e. The fourth-order valence-corrected chi connectivity index (χ4v) is 2.25. The molecule has 0 saturated heterocycles. The zero-order valence-electron chi connectivity index (χ0n) is 9.55. The number of carbonyl (C=O) groups is 1. The largest absolute Gasteiger partial charge is 0.496 e. The average molecular weight is 283 g/mol. The van der Waals surface area contributed by atoms with Gasteiger partial charge in [-0.1, -0.05) is 22.4 Å². The number of carbonyl (C=O) groups excluding carboxylic acids is 1. The first-order valence-corrected chi connectivity index (χ1v) is 6.31. The first-order chi connectivity index (χ1) is 7.63. The van der Waals surface area contributed by atoms with E-state index in [2.05, 4.69) is 15.9 Å². The Balaban J connectivity index is 2.37. The van der Waals surface area contributed by atoms with Gasteiger partial charge in [-0.25, -0.2) is 0 Å². The molecule has 16 heavy (non-hydrogen) atoms. The van der Waals surface area contributed by atoms with Gasteiger partial charge in [-0.05, 0) is 37.5 Å².